The second-order valence-corrected chi connectivity index (χ2v) is 4.74. The molecule has 1 aliphatic heterocycles. The Labute approximate surface area is 117 Å². The first kappa shape index (κ1) is 12.7. The third-order valence-electron chi connectivity index (χ3n) is 3.37. The predicted molar refractivity (Wildman–Crippen MR) is 77.5 cm³/mol. The van der Waals surface area contributed by atoms with E-state index in [1.54, 1.807) is 6.20 Å². The molecule has 0 saturated heterocycles. The summed E-state index contributed by atoms with van der Waals surface area (Å²) in [5.41, 5.74) is 4.60. The minimum atomic E-state index is 0.180. The Balaban J connectivity index is 1.89. The Kier molecular flexibility index (Phi) is 3.39. The van der Waals surface area contributed by atoms with Gasteiger partial charge < -0.3 is 10.1 Å². The highest BCUT2D eigenvalue weighted by molar-refractivity contribution is 5.50. The van der Waals surface area contributed by atoms with E-state index in [1.807, 2.05) is 25.1 Å². The number of benzene rings is 1. The number of para-hydroxylation sites is 1. The topological polar surface area (TPSA) is 85.1 Å². The zero-order valence-electron chi connectivity index (χ0n) is 11.3. The molecule has 6 nitrogen and oxygen atoms in total. The van der Waals surface area contributed by atoms with Crippen molar-refractivity contribution < 1.29 is 4.74 Å². The highest BCUT2D eigenvalue weighted by atomic mass is 16.5. The maximum atomic E-state index is 5.66. The van der Waals surface area contributed by atoms with E-state index in [0.29, 0.717) is 12.6 Å². The molecule has 0 saturated carbocycles. The molecule has 104 valence electrons. The van der Waals surface area contributed by atoms with Crippen LogP contribution in [0.4, 0.5) is 11.8 Å². The monoisotopic (exact) mass is 271 g/mol. The number of fused-ring (bicyclic) bond motifs is 1. The fourth-order valence-electron chi connectivity index (χ4n) is 2.31. The summed E-state index contributed by atoms with van der Waals surface area (Å²) in [5, 5.41) is 3.45. The Morgan fingerprint density at radius 2 is 2.20 bits per heavy atom. The predicted octanol–water partition coefficient (Wildman–Crippen LogP) is 2.01. The number of nitrogens with zero attached hydrogens (tertiary/aromatic N) is 2. The number of hydrazine groups is 1. The van der Waals surface area contributed by atoms with E-state index >= 15 is 0 Å². The molecular weight excluding hydrogens is 254 g/mol. The molecule has 0 spiro atoms. The lowest BCUT2D eigenvalue weighted by Gasteiger charge is -2.27. The molecule has 20 heavy (non-hydrogen) atoms. The summed E-state index contributed by atoms with van der Waals surface area (Å²) in [6.45, 7) is 2.66. The molecule has 2 heterocycles. The molecule has 6 heteroatoms. The van der Waals surface area contributed by atoms with Crippen molar-refractivity contribution in [1.29, 1.82) is 0 Å². The van der Waals surface area contributed by atoms with Gasteiger partial charge in [0.05, 0.1) is 12.6 Å². The number of nitrogens with two attached hydrogens (primary N) is 1. The van der Waals surface area contributed by atoms with Gasteiger partial charge >= 0.3 is 0 Å². The molecule has 4 N–H and O–H groups in total. The molecule has 0 aliphatic carbocycles. The first-order chi connectivity index (χ1) is 9.78. The van der Waals surface area contributed by atoms with Crippen molar-refractivity contribution in [3.8, 4) is 5.75 Å². The molecule has 0 fully saturated rings. The van der Waals surface area contributed by atoms with Crippen molar-refractivity contribution in [3.05, 3.63) is 41.6 Å². The minimum absolute atomic E-state index is 0.180. The second kappa shape index (κ2) is 5.34. The third kappa shape index (κ3) is 2.37. The Bertz CT molecular complexity index is 616. The highest BCUT2D eigenvalue weighted by Crippen LogP contribution is 2.34. The number of nitrogens with one attached hydrogen (secondary N) is 2. The number of nitrogen functional groups attached to an aromatic ring is 1. The van der Waals surface area contributed by atoms with Crippen LogP contribution in [0.3, 0.4) is 0 Å². The molecular formula is C14H17N5O. The van der Waals surface area contributed by atoms with Crippen LogP contribution < -0.4 is 21.3 Å². The lowest BCUT2D eigenvalue weighted by atomic mass is 10.0. The van der Waals surface area contributed by atoms with Crippen LogP contribution in [0, 0.1) is 6.92 Å². The molecule has 1 unspecified atom stereocenters. The number of rotatable bonds is 3. The maximum Gasteiger partial charge on any atom is 0.239 e. The summed E-state index contributed by atoms with van der Waals surface area (Å²) < 4.78 is 5.66. The largest absolute Gasteiger partial charge is 0.493 e. The summed E-state index contributed by atoms with van der Waals surface area (Å²) in [7, 11) is 0. The van der Waals surface area contributed by atoms with Gasteiger partial charge in [-0.05, 0) is 13.0 Å². The van der Waals surface area contributed by atoms with Gasteiger partial charge in [0.25, 0.3) is 0 Å². The van der Waals surface area contributed by atoms with Gasteiger partial charge in [-0.1, -0.05) is 18.2 Å². The van der Waals surface area contributed by atoms with Crippen molar-refractivity contribution in [2.24, 2.45) is 5.84 Å². The molecule has 1 aliphatic rings. The molecule has 1 atom stereocenters. The van der Waals surface area contributed by atoms with Crippen molar-refractivity contribution in [2.45, 2.75) is 19.4 Å². The Morgan fingerprint density at radius 1 is 1.35 bits per heavy atom. The van der Waals surface area contributed by atoms with E-state index in [0.717, 1.165) is 29.1 Å². The van der Waals surface area contributed by atoms with Crippen LogP contribution in [-0.4, -0.2) is 16.6 Å². The van der Waals surface area contributed by atoms with Crippen LogP contribution in [-0.2, 0) is 0 Å². The third-order valence-corrected chi connectivity index (χ3v) is 3.37. The number of aromatic nitrogens is 2. The van der Waals surface area contributed by atoms with Gasteiger partial charge in [-0.3, -0.25) is 5.43 Å². The standard InChI is InChI=1S/C14H17N5O/c1-9-8-16-14(19-15)18-13(9)17-11-6-7-20-12-5-3-2-4-10(11)12/h2-5,8,11H,6-7,15H2,1H3,(H2,16,17,18,19). The number of hydrogen-bond donors (Lipinski definition) is 3. The number of aryl methyl sites for hydroxylation is 1. The summed E-state index contributed by atoms with van der Waals surface area (Å²) in [4.78, 5) is 8.44. The van der Waals surface area contributed by atoms with E-state index in [9.17, 15) is 0 Å². The molecule has 0 amide bonds. The van der Waals surface area contributed by atoms with Crippen molar-refractivity contribution >= 4 is 11.8 Å². The molecule has 0 bridgehead atoms. The van der Waals surface area contributed by atoms with Gasteiger partial charge in [-0.2, -0.15) is 4.98 Å². The molecule has 2 aromatic rings. The Hall–Kier alpha value is -2.34. The Morgan fingerprint density at radius 3 is 3.05 bits per heavy atom. The minimum Gasteiger partial charge on any atom is -0.493 e. The van der Waals surface area contributed by atoms with E-state index < -0.39 is 0 Å². The zero-order chi connectivity index (χ0) is 13.9. The summed E-state index contributed by atoms with van der Waals surface area (Å²) in [5.74, 6) is 7.47. The maximum absolute atomic E-state index is 5.66. The molecule has 1 aromatic heterocycles. The highest BCUT2D eigenvalue weighted by Gasteiger charge is 2.21. The van der Waals surface area contributed by atoms with E-state index in [-0.39, 0.29) is 6.04 Å². The van der Waals surface area contributed by atoms with Gasteiger partial charge in [0, 0.05) is 23.7 Å². The van der Waals surface area contributed by atoms with Crippen LogP contribution in [0.5, 0.6) is 5.75 Å². The van der Waals surface area contributed by atoms with Crippen LogP contribution in [0.1, 0.15) is 23.6 Å². The van der Waals surface area contributed by atoms with Gasteiger partial charge in [-0.15, -0.1) is 0 Å². The molecule has 3 rings (SSSR count). The van der Waals surface area contributed by atoms with Gasteiger partial charge in [0.2, 0.25) is 5.95 Å². The molecule has 0 radical (unpaired) electrons. The van der Waals surface area contributed by atoms with Gasteiger partial charge in [0.15, 0.2) is 0 Å². The first-order valence-corrected chi connectivity index (χ1v) is 6.56. The SMILES string of the molecule is Cc1cnc(NN)nc1NC1CCOc2ccccc21. The van der Waals surface area contributed by atoms with Crippen molar-refractivity contribution in [3.63, 3.8) is 0 Å². The fourth-order valence-corrected chi connectivity index (χ4v) is 2.31. The smallest absolute Gasteiger partial charge is 0.239 e. The summed E-state index contributed by atoms with van der Waals surface area (Å²) in [6.07, 6.45) is 2.64. The lowest BCUT2D eigenvalue weighted by Crippen LogP contribution is -2.21. The van der Waals surface area contributed by atoms with E-state index in [4.69, 9.17) is 10.6 Å². The fraction of sp³-hybridized carbons (Fsp3) is 0.286. The summed E-state index contributed by atoms with van der Waals surface area (Å²) >= 11 is 0. The zero-order valence-corrected chi connectivity index (χ0v) is 11.3. The number of anilines is 2. The summed E-state index contributed by atoms with van der Waals surface area (Å²) in [6, 6.07) is 8.24. The van der Waals surface area contributed by atoms with Crippen LogP contribution in [0.15, 0.2) is 30.5 Å². The lowest BCUT2D eigenvalue weighted by molar-refractivity contribution is 0.274. The molecule has 1 aromatic carbocycles. The number of ether oxygens (including phenoxy) is 1. The van der Waals surface area contributed by atoms with Crippen LogP contribution >= 0.6 is 0 Å². The van der Waals surface area contributed by atoms with E-state index in [1.165, 1.54) is 0 Å². The average molecular weight is 271 g/mol. The number of hydrogen-bond acceptors (Lipinski definition) is 6. The van der Waals surface area contributed by atoms with Crippen LogP contribution in [0.25, 0.3) is 0 Å². The van der Waals surface area contributed by atoms with Gasteiger partial charge in [-0.25, -0.2) is 10.8 Å². The first-order valence-electron chi connectivity index (χ1n) is 6.56. The van der Waals surface area contributed by atoms with Gasteiger partial charge in [0.1, 0.15) is 11.6 Å². The van der Waals surface area contributed by atoms with Crippen molar-refractivity contribution in [1.82, 2.24) is 9.97 Å². The van der Waals surface area contributed by atoms with Crippen LogP contribution in [0.2, 0.25) is 0 Å². The normalized spacial score (nSPS) is 17.0. The second-order valence-electron chi connectivity index (χ2n) is 4.74. The quantitative estimate of drug-likeness (QED) is 0.585. The van der Waals surface area contributed by atoms with E-state index in [2.05, 4.69) is 26.8 Å². The van der Waals surface area contributed by atoms with Crippen molar-refractivity contribution in [2.75, 3.05) is 17.3 Å². The average Bonchev–Trinajstić information content (AvgIpc) is 2.50.